The van der Waals surface area contributed by atoms with Crippen molar-refractivity contribution in [3.63, 3.8) is 0 Å². The maximum Gasteiger partial charge on any atom is 0.471 e. The standard InChI is InChI=1S/C20H28F3N3O4.H2S/c1-13-9-14(10-16(24-13)29-5)11-26(17(27)20(21,22)23)15-7-6-8-25(12-15)18(28)30-19(2,3)4;/h9-10,15H,6-8,11-12H2,1-5H3;1H2/t15-;/m0./s1. The zero-order valence-corrected chi connectivity index (χ0v) is 19.4. The second kappa shape index (κ2) is 10.4. The average Bonchev–Trinajstić information content (AvgIpc) is 2.63. The largest absolute Gasteiger partial charge is 0.481 e. The van der Waals surface area contributed by atoms with Gasteiger partial charge in [-0.1, -0.05) is 0 Å². The third-order valence-corrected chi connectivity index (χ3v) is 4.54. The molecule has 1 aliphatic heterocycles. The number of amides is 2. The number of ether oxygens (including phenoxy) is 2. The number of aromatic nitrogens is 1. The number of pyridine rings is 1. The molecule has 11 heteroatoms. The zero-order chi connectivity index (χ0) is 22.7. The van der Waals surface area contributed by atoms with E-state index in [0.29, 0.717) is 30.6 Å². The maximum absolute atomic E-state index is 13.3. The molecular weight excluding hydrogens is 435 g/mol. The predicted octanol–water partition coefficient (Wildman–Crippen LogP) is 3.80. The van der Waals surface area contributed by atoms with E-state index in [0.717, 1.165) is 4.90 Å². The topological polar surface area (TPSA) is 72.0 Å². The van der Waals surface area contributed by atoms with E-state index in [1.807, 2.05) is 0 Å². The first-order valence-corrected chi connectivity index (χ1v) is 9.67. The van der Waals surface area contributed by atoms with Gasteiger partial charge < -0.3 is 19.3 Å². The van der Waals surface area contributed by atoms with Gasteiger partial charge in [0.05, 0.1) is 13.2 Å². The molecule has 0 aromatic carbocycles. The third-order valence-electron chi connectivity index (χ3n) is 4.54. The Labute approximate surface area is 187 Å². The first-order valence-electron chi connectivity index (χ1n) is 9.67. The van der Waals surface area contributed by atoms with Crippen molar-refractivity contribution >= 4 is 25.5 Å². The van der Waals surface area contributed by atoms with Crippen molar-refractivity contribution in [1.82, 2.24) is 14.8 Å². The number of methoxy groups -OCH3 is 1. The van der Waals surface area contributed by atoms with Crippen molar-refractivity contribution in [3.05, 3.63) is 23.4 Å². The number of likely N-dealkylation sites (tertiary alicyclic amines) is 1. The summed E-state index contributed by atoms with van der Waals surface area (Å²) in [6.45, 7) is 6.89. The summed E-state index contributed by atoms with van der Waals surface area (Å²) in [5, 5.41) is 0. The van der Waals surface area contributed by atoms with Gasteiger partial charge >= 0.3 is 18.2 Å². The van der Waals surface area contributed by atoms with Crippen LogP contribution in [0.4, 0.5) is 18.0 Å². The molecule has 0 saturated carbocycles. The summed E-state index contributed by atoms with van der Waals surface area (Å²) in [4.78, 5) is 30.9. The highest BCUT2D eigenvalue weighted by molar-refractivity contribution is 7.59. The number of carbonyl (C=O) groups excluding carboxylic acids is 2. The summed E-state index contributed by atoms with van der Waals surface area (Å²) < 4.78 is 50.4. The van der Waals surface area contributed by atoms with Gasteiger partial charge in [0.2, 0.25) is 5.88 Å². The second-order valence-electron chi connectivity index (χ2n) is 8.31. The Kier molecular flexibility index (Phi) is 9.04. The fourth-order valence-electron chi connectivity index (χ4n) is 3.33. The first-order chi connectivity index (χ1) is 13.8. The van der Waals surface area contributed by atoms with Crippen molar-refractivity contribution in [2.75, 3.05) is 20.2 Å². The fraction of sp³-hybridized carbons (Fsp3) is 0.650. The number of nitrogens with zero attached hydrogens (tertiary/aromatic N) is 3. The summed E-state index contributed by atoms with van der Waals surface area (Å²) in [5.74, 6) is -1.68. The van der Waals surface area contributed by atoms with Crippen molar-refractivity contribution in [2.45, 2.75) is 64.9 Å². The van der Waals surface area contributed by atoms with Crippen molar-refractivity contribution in [1.29, 1.82) is 0 Å². The number of carbonyl (C=O) groups is 2. The lowest BCUT2D eigenvalue weighted by Crippen LogP contribution is -2.54. The molecule has 2 heterocycles. The molecule has 176 valence electrons. The molecule has 1 aromatic heterocycles. The Morgan fingerprint density at radius 3 is 2.45 bits per heavy atom. The van der Waals surface area contributed by atoms with Gasteiger partial charge in [-0.2, -0.15) is 26.7 Å². The van der Waals surface area contributed by atoms with Gasteiger partial charge in [-0.25, -0.2) is 9.78 Å². The highest BCUT2D eigenvalue weighted by atomic mass is 32.1. The number of rotatable bonds is 4. The molecule has 0 bridgehead atoms. The van der Waals surface area contributed by atoms with Crippen molar-refractivity contribution in [3.8, 4) is 5.88 Å². The minimum absolute atomic E-state index is 0. The average molecular weight is 466 g/mol. The summed E-state index contributed by atoms with van der Waals surface area (Å²) in [6.07, 6.45) is -4.82. The van der Waals surface area contributed by atoms with E-state index in [-0.39, 0.29) is 32.5 Å². The van der Waals surface area contributed by atoms with Crippen LogP contribution >= 0.6 is 13.5 Å². The smallest absolute Gasteiger partial charge is 0.471 e. The molecule has 2 rings (SSSR count). The minimum Gasteiger partial charge on any atom is -0.481 e. The lowest BCUT2D eigenvalue weighted by molar-refractivity contribution is -0.189. The van der Waals surface area contributed by atoms with E-state index in [1.165, 1.54) is 18.1 Å². The van der Waals surface area contributed by atoms with Crippen molar-refractivity contribution in [2.24, 2.45) is 0 Å². The molecule has 31 heavy (non-hydrogen) atoms. The van der Waals surface area contributed by atoms with E-state index >= 15 is 0 Å². The van der Waals surface area contributed by atoms with Gasteiger partial charge in [0.25, 0.3) is 0 Å². The van der Waals surface area contributed by atoms with Crippen LogP contribution in [0.25, 0.3) is 0 Å². The van der Waals surface area contributed by atoms with E-state index in [9.17, 15) is 22.8 Å². The number of aryl methyl sites for hydroxylation is 1. The molecule has 0 unspecified atom stereocenters. The van der Waals surface area contributed by atoms with Crippen LogP contribution in [0.2, 0.25) is 0 Å². The number of hydrogen-bond acceptors (Lipinski definition) is 5. The molecule has 0 spiro atoms. The van der Waals surface area contributed by atoms with Gasteiger partial charge in [0, 0.05) is 31.4 Å². The van der Waals surface area contributed by atoms with Crippen LogP contribution in [0.1, 0.15) is 44.9 Å². The van der Waals surface area contributed by atoms with Crippen LogP contribution in [0, 0.1) is 6.92 Å². The quantitative estimate of drug-likeness (QED) is 0.676. The fourth-order valence-corrected chi connectivity index (χ4v) is 3.33. The summed E-state index contributed by atoms with van der Waals surface area (Å²) >= 11 is 0. The van der Waals surface area contributed by atoms with Crippen molar-refractivity contribution < 1.29 is 32.2 Å². The minimum atomic E-state index is -5.03. The molecule has 1 atom stereocenters. The number of halogens is 3. The second-order valence-corrected chi connectivity index (χ2v) is 8.31. The molecule has 7 nitrogen and oxygen atoms in total. The first kappa shape index (κ1) is 26.9. The van der Waals surface area contributed by atoms with E-state index < -0.39 is 29.8 Å². The summed E-state index contributed by atoms with van der Waals surface area (Å²) in [5.41, 5.74) is 0.297. The Morgan fingerprint density at radius 2 is 1.90 bits per heavy atom. The molecular formula is C20H30F3N3O4S. The van der Waals surface area contributed by atoms with Crippen LogP contribution in [0.3, 0.4) is 0 Å². The van der Waals surface area contributed by atoms with Gasteiger partial charge in [-0.15, -0.1) is 0 Å². The molecule has 0 aliphatic carbocycles. The summed E-state index contributed by atoms with van der Waals surface area (Å²) in [7, 11) is 1.41. The molecule has 0 N–H and O–H groups in total. The Morgan fingerprint density at radius 1 is 1.26 bits per heavy atom. The van der Waals surface area contributed by atoms with Gasteiger partial charge in [0.15, 0.2) is 0 Å². The third kappa shape index (κ3) is 7.79. The number of hydrogen-bond donors (Lipinski definition) is 0. The number of alkyl halides is 3. The predicted molar refractivity (Wildman–Crippen MR) is 113 cm³/mol. The Bertz CT molecular complexity index is 784. The SMILES string of the molecule is COc1cc(CN(C(=O)C(F)(F)F)[C@H]2CCCN(C(=O)OC(C)(C)C)C2)cc(C)n1.S. The molecule has 1 fully saturated rings. The summed E-state index contributed by atoms with van der Waals surface area (Å²) in [6, 6.07) is 2.31. The van der Waals surface area contributed by atoms with Gasteiger partial charge in [0.1, 0.15) is 5.60 Å². The van der Waals surface area contributed by atoms with Crippen LogP contribution in [0.5, 0.6) is 5.88 Å². The highest BCUT2D eigenvalue weighted by Crippen LogP contribution is 2.27. The van der Waals surface area contributed by atoms with Crippen LogP contribution in [-0.2, 0) is 16.1 Å². The van der Waals surface area contributed by atoms with Gasteiger partial charge in [-0.05, 0) is 52.2 Å². The lowest BCUT2D eigenvalue weighted by Gasteiger charge is -2.40. The van der Waals surface area contributed by atoms with E-state index in [1.54, 1.807) is 33.8 Å². The molecule has 1 saturated heterocycles. The highest BCUT2D eigenvalue weighted by Gasteiger charge is 2.45. The molecule has 0 radical (unpaired) electrons. The monoisotopic (exact) mass is 465 g/mol. The zero-order valence-electron chi connectivity index (χ0n) is 18.4. The Hall–Kier alpha value is -2.17. The van der Waals surface area contributed by atoms with E-state index in [4.69, 9.17) is 9.47 Å². The van der Waals surface area contributed by atoms with Crippen LogP contribution < -0.4 is 4.74 Å². The van der Waals surface area contributed by atoms with Crippen LogP contribution in [-0.4, -0.2) is 64.8 Å². The maximum atomic E-state index is 13.3. The van der Waals surface area contributed by atoms with E-state index in [2.05, 4.69) is 4.98 Å². The lowest BCUT2D eigenvalue weighted by atomic mass is 10.0. The van der Waals surface area contributed by atoms with Crippen LogP contribution in [0.15, 0.2) is 12.1 Å². The normalized spacial score (nSPS) is 16.9. The Balaban J connectivity index is 0.00000480. The molecule has 1 aliphatic rings. The molecule has 1 aromatic rings. The number of piperidine rings is 1. The van der Waals surface area contributed by atoms with Gasteiger partial charge in [-0.3, -0.25) is 4.79 Å². The molecule has 2 amide bonds.